The van der Waals surface area contributed by atoms with Crippen LogP contribution in [0.15, 0.2) is 23.6 Å². The minimum atomic E-state index is 0.494. The number of nitrogens with zero attached hydrogens (tertiary/aromatic N) is 2. The van der Waals surface area contributed by atoms with Gasteiger partial charge in [-0.3, -0.25) is 4.68 Å². The van der Waals surface area contributed by atoms with Gasteiger partial charge in [0, 0.05) is 30.1 Å². The molecule has 0 aliphatic heterocycles. The fourth-order valence-electron chi connectivity index (χ4n) is 2.34. The van der Waals surface area contributed by atoms with Gasteiger partial charge in [-0.2, -0.15) is 5.10 Å². The van der Waals surface area contributed by atoms with Gasteiger partial charge in [0.05, 0.1) is 5.69 Å². The zero-order valence-corrected chi connectivity index (χ0v) is 12.8. The van der Waals surface area contributed by atoms with Crippen molar-refractivity contribution in [2.24, 2.45) is 7.05 Å². The molecule has 4 heteroatoms. The molecule has 3 nitrogen and oxygen atoms in total. The van der Waals surface area contributed by atoms with Crippen LogP contribution in [0.3, 0.4) is 0 Å². The van der Waals surface area contributed by atoms with Crippen molar-refractivity contribution >= 4 is 11.3 Å². The average molecular weight is 277 g/mol. The van der Waals surface area contributed by atoms with E-state index >= 15 is 0 Å². The quantitative estimate of drug-likeness (QED) is 0.843. The number of hydrogen-bond donors (Lipinski definition) is 1. The van der Waals surface area contributed by atoms with Gasteiger partial charge in [-0.1, -0.05) is 13.0 Å². The Bertz CT molecular complexity index is 487. The van der Waals surface area contributed by atoms with E-state index in [9.17, 15) is 0 Å². The van der Waals surface area contributed by atoms with Gasteiger partial charge in [0.2, 0.25) is 0 Å². The molecule has 104 valence electrons. The summed E-state index contributed by atoms with van der Waals surface area (Å²) in [5.74, 6) is 0. The molecule has 0 aliphatic rings. The van der Waals surface area contributed by atoms with E-state index < -0.39 is 0 Å². The van der Waals surface area contributed by atoms with E-state index in [1.165, 1.54) is 17.0 Å². The summed E-state index contributed by atoms with van der Waals surface area (Å²) < 4.78 is 2.00. The summed E-state index contributed by atoms with van der Waals surface area (Å²) in [5, 5.41) is 10.2. The number of thiophene rings is 1. The van der Waals surface area contributed by atoms with Crippen LogP contribution in [0.1, 0.15) is 29.6 Å². The van der Waals surface area contributed by atoms with Crippen LogP contribution in [-0.2, 0) is 19.9 Å². The molecule has 1 N–H and O–H groups in total. The maximum Gasteiger partial charge on any atom is 0.0596 e. The van der Waals surface area contributed by atoms with Gasteiger partial charge < -0.3 is 5.32 Å². The molecule has 2 heterocycles. The molecule has 0 fully saturated rings. The van der Waals surface area contributed by atoms with E-state index in [2.05, 4.69) is 47.8 Å². The molecule has 0 bridgehead atoms. The van der Waals surface area contributed by atoms with Crippen molar-refractivity contribution in [2.45, 2.75) is 39.2 Å². The summed E-state index contributed by atoms with van der Waals surface area (Å²) in [6.45, 7) is 5.34. The lowest BCUT2D eigenvalue weighted by Gasteiger charge is -2.18. The third-order valence-corrected chi connectivity index (χ3v) is 4.16. The average Bonchev–Trinajstić information content (AvgIpc) is 2.97. The largest absolute Gasteiger partial charge is 0.313 e. The second-order valence-electron chi connectivity index (χ2n) is 5.04. The van der Waals surface area contributed by atoms with E-state index in [1.54, 1.807) is 0 Å². The molecule has 2 aromatic rings. The van der Waals surface area contributed by atoms with Crippen molar-refractivity contribution in [3.8, 4) is 0 Å². The maximum atomic E-state index is 4.43. The Labute approximate surface area is 119 Å². The van der Waals surface area contributed by atoms with Crippen molar-refractivity contribution in [1.29, 1.82) is 0 Å². The van der Waals surface area contributed by atoms with Crippen LogP contribution in [0.25, 0.3) is 0 Å². The minimum absolute atomic E-state index is 0.494. The second kappa shape index (κ2) is 6.87. The van der Waals surface area contributed by atoms with Crippen LogP contribution < -0.4 is 5.32 Å². The summed E-state index contributed by atoms with van der Waals surface area (Å²) in [7, 11) is 2.03. The highest BCUT2D eigenvalue weighted by atomic mass is 32.1. The van der Waals surface area contributed by atoms with E-state index in [1.807, 2.05) is 23.1 Å². The monoisotopic (exact) mass is 277 g/mol. The third kappa shape index (κ3) is 4.18. The van der Waals surface area contributed by atoms with Crippen molar-refractivity contribution in [2.75, 3.05) is 6.54 Å². The summed E-state index contributed by atoms with van der Waals surface area (Å²) in [6.07, 6.45) is 3.31. The molecule has 0 saturated carbocycles. The van der Waals surface area contributed by atoms with Crippen molar-refractivity contribution in [1.82, 2.24) is 15.1 Å². The molecule has 1 atom stereocenters. The van der Waals surface area contributed by atoms with E-state index in [-0.39, 0.29) is 0 Å². The van der Waals surface area contributed by atoms with E-state index in [0.29, 0.717) is 6.04 Å². The third-order valence-electron chi connectivity index (χ3n) is 3.27. The molecule has 1 unspecified atom stereocenters. The predicted molar refractivity (Wildman–Crippen MR) is 81.8 cm³/mol. The lowest BCUT2D eigenvalue weighted by Crippen LogP contribution is -2.34. The molecular formula is C15H23N3S. The Morgan fingerprint density at radius 3 is 2.84 bits per heavy atom. The zero-order valence-electron chi connectivity index (χ0n) is 12.0. The molecule has 2 aromatic heterocycles. The van der Waals surface area contributed by atoms with Gasteiger partial charge in [0.15, 0.2) is 0 Å². The predicted octanol–water partition coefficient (Wildman–Crippen LogP) is 2.94. The SMILES string of the molecule is CCCNC(Cc1cccs1)Cc1cc(C)nn1C. The summed E-state index contributed by atoms with van der Waals surface area (Å²) in [5.41, 5.74) is 2.41. The second-order valence-corrected chi connectivity index (χ2v) is 6.07. The van der Waals surface area contributed by atoms with Crippen LogP contribution in [0.5, 0.6) is 0 Å². The highest BCUT2D eigenvalue weighted by Crippen LogP contribution is 2.14. The Morgan fingerprint density at radius 1 is 1.42 bits per heavy atom. The van der Waals surface area contributed by atoms with Gasteiger partial charge in [-0.05, 0) is 43.8 Å². The van der Waals surface area contributed by atoms with Crippen LogP contribution in [0.2, 0.25) is 0 Å². The number of aryl methyl sites for hydroxylation is 2. The van der Waals surface area contributed by atoms with Gasteiger partial charge in [-0.15, -0.1) is 11.3 Å². The first-order chi connectivity index (χ1) is 9.19. The molecule has 19 heavy (non-hydrogen) atoms. The van der Waals surface area contributed by atoms with Crippen LogP contribution in [0, 0.1) is 6.92 Å². The maximum absolute atomic E-state index is 4.43. The molecule has 0 radical (unpaired) electrons. The minimum Gasteiger partial charge on any atom is -0.313 e. The number of nitrogens with one attached hydrogen (secondary N) is 1. The first kappa shape index (κ1) is 14.3. The first-order valence-corrected chi connectivity index (χ1v) is 7.82. The topological polar surface area (TPSA) is 29.9 Å². The number of rotatable bonds is 7. The molecule has 2 rings (SSSR count). The highest BCUT2D eigenvalue weighted by molar-refractivity contribution is 7.09. The first-order valence-electron chi connectivity index (χ1n) is 6.94. The molecule has 0 aromatic carbocycles. The summed E-state index contributed by atoms with van der Waals surface area (Å²) >= 11 is 1.84. The molecular weight excluding hydrogens is 254 g/mol. The molecule has 0 amide bonds. The Balaban J connectivity index is 2.02. The summed E-state index contributed by atoms with van der Waals surface area (Å²) in [4.78, 5) is 1.45. The molecule has 0 spiro atoms. The lowest BCUT2D eigenvalue weighted by molar-refractivity contribution is 0.493. The van der Waals surface area contributed by atoms with Crippen molar-refractivity contribution in [3.63, 3.8) is 0 Å². The van der Waals surface area contributed by atoms with Crippen LogP contribution in [-0.4, -0.2) is 22.4 Å². The van der Waals surface area contributed by atoms with Gasteiger partial charge in [-0.25, -0.2) is 0 Å². The number of aromatic nitrogens is 2. The zero-order chi connectivity index (χ0) is 13.7. The Morgan fingerprint density at radius 2 is 2.26 bits per heavy atom. The normalized spacial score (nSPS) is 12.8. The van der Waals surface area contributed by atoms with E-state index in [0.717, 1.165) is 25.1 Å². The Hall–Kier alpha value is -1.13. The molecule has 0 aliphatic carbocycles. The highest BCUT2D eigenvalue weighted by Gasteiger charge is 2.13. The summed E-state index contributed by atoms with van der Waals surface area (Å²) in [6, 6.07) is 7.04. The van der Waals surface area contributed by atoms with Gasteiger partial charge >= 0.3 is 0 Å². The van der Waals surface area contributed by atoms with Gasteiger partial charge in [0.1, 0.15) is 0 Å². The lowest BCUT2D eigenvalue weighted by atomic mass is 10.1. The van der Waals surface area contributed by atoms with Crippen molar-refractivity contribution < 1.29 is 0 Å². The number of hydrogen-bond acceptors (Lipinski definition) is 3. The standard InChI is InChI=1S/C15H23N3S/c1-4-7-16-13(11-15-6-5-8-19-15)10-14-9-12(2)17-18(14)3/h5-6,8-9,13,16H,4,7,10-11H2,1-3H3. The van der Waals surface area contributed by atoms with Gasteiger partial charge in [0.25, 0.3) is 0 Å². The van der Waals surface area contributed by atoms with Crippen LogP contribution >= 0.6 is 11.3 Å². The molecule has 0 saturated heterocycles. The fourth-order valence-corrected chi connectivity index (χ4v) is 3.13. The van der Waals surface area contributed by atoms with E-state index in [4.69, 9.17) is 0 Å². The smallest absolute Gasteiger partial charge is 0.0596 e. The Kier molecular flexibility index (Phi) is 5.16. The van der Waals surface area contributed by atoms with Crippen LogP contribution in [0.4, 0.5) is 0 Å². The van der Waals surface area contributed by atoms with Crippen molar-refractivity contribution in [3.05, 3.63) is 39.8 Å². The fraction of sp³-hybridized carbons (Fsp3) is 0.533.